The van der Waals surface area contributed by atoms with Crippen LogP contribution in [-0.4, -0.2) is 75.6 Å². The first-order valence-corrected chi connectivity index (χ1v) is 17.6. The molecule has 1 unspecified atom stereocenters. The van der Waals surface area contributed by atoms with Crippen molar-refractivity contribution >= 4 is 52.4 Å². The molecule has 48 heavy (non-hydrogen) atoms. The van der Waals surface area contributed by atoms with E-state index >= 15 is 0 Å². The number of amides is 1. The van der Waals surface area contributed by atoms with E-state index in [0.717, 1.165) is 31.0 Å². The number of aromatic nitrogens is 4. The van der Waals surface area contributed by atoms with Gasteiger partial charge in [0, 0.05) is 61.8 Å². The van der Waals surface area contributed by atoms with Gasteiger partial charge in [-0.05, 0) is 43.5 Å². The van der Waals surface area contributed by atoms with Crippen LogP contribution in [0.25, 0.3) is 0 Å². The maximum absolute atomic E-state index is 14.5. The number of thioether (sulfide) groups is 1. The molecule has 0 aliphatic carbocycles. The van der Waals surface area contributed by atoms with Crippen LogP contribution in [0.3, 0.4) is 0 Å². The number of anilines is 2. The van der Waals surface area contributed by atoms with E-state index in [0.29, 0.717) is 55.4 Å². The number of carbonyl (C=O) groups excluding carboxylic acids is 1. The lowest BCUT2D eigenvalue weighted by Gasteiger charge is -2.33. The molecule has 2 aromatic heterocycles. The van der Waals surface area contributed by atoms with Crippen LogP contribution in [0, 0.1) is 0 Å². The first kappa shape index (κ1) is 33.5. The molecule has 7 rings (SSSR count). The summed E-state index contributed by atoms with van der Waals surface area (Å²) < 4.78 is 65.3. The number of rotatable bonds is 6. The third-order valence-electron chi connectivity index (χ3n) is 9.74. The van der Waals surface area contributed by atoms with Crippen LogP contribution in [-0.2, 0) is 31.4 Å². The van der Waals surface area contributed by atoms with Gasteiger partial charge in [-0.1, -0.05) is 23.2 Å². The normalized spacial score (nSPS) is 24.2. The fourth-order valence-electron chi connectivity index (χ4n) is 7.53. The van der Waals surface area contributed by atoms with Gasteiger partial charge in [-0.3, -0.25) is 14.4 Å². The van der Waals surface area contributed by atoms with Gasteiger partial charge in [-0.25, -0.2) is 4.39 Å². The minimum Gasteiger partial charge on any atom is -0.461 e. The topological polar surface area (TPSA) is 114 Å². The van der Waals surface area contributed by atoms with Crippen molar-refractivity contribution in [2.24, 2.45) is 0 Å². The molecular weight excluding hydrogens is 695 g/mol. The third-order valence-corrected chi connectivity index (χ3v) is 11.7. The first-order chi connectivity index (χ1) is 22.9. The lowest BCUT2D eigenvalue weighted by atomic mass is 9.95. The Morgan fingerprint density at radius 2 is 2.02 bits per heavy atom. The minimum atomic E-state index is -4.68. The summed E-state index contributed by atoms with van der Waals surface area (Å²) in [6.07, 6.45) is -2.72. The third kappa shape index (κ3) is 6.04. The number of carbonyl (C=O) groups is 1. The zero-order valence-electron chi connectivity index (χ0n) is 26.0. The SMILES string of the molecule is CNC(=O)c1nn2c(c1Cl)CN(c1nc(OC[C@@]34CCCN3C[C@H](F)C4)nc3c1CSC(c1cc(N)cc(Cl)c1C(F)(F)F)C3)CCC2. The van der Waals surface area contributed by atoms with Crippen molar-refractivity contribution in [2.45, 2.75) is 74.1 Å². The van der Waals surface area contributed by atoms with Crippen LogP contribution in [0.5, 0.6) is 6.01 Å². The van der Waals surface area contributed by atoms with E-state index in [1.807, 2.05) is 4.90 Å². The molecule has 0 saturated carbocycles. The van der Waals surface area contributed by atoms with Gasteiger partial charge >= 0.3 is 12.2 Å². The predicted octanol–water partition coefficient (Wildman–Crippen LogP) is 5.84. The van der Waals surface area contributed by atoms with E-state index in [2.05, 4.69) is 15.3 Å². The second-order valence-corrected chi connectivity index (χ2v) is 14.8. The number of ether oxygens (including phenoxy) is 1. The zero-order chi connectivity index (χ0) is 34.0. The van der Waals surface area contributed by atoms with E-state index in [-0.39, 0.29) is 47.6 Å². The number of fused-ring (bicyclic) bond motifs is 3. The molecule has 4 aliphatic heterocycles. The van der Waals surface area contributed by atoms with Crippen LogP contribution < -0.4 is 20.7 Å². The number of nitrogens with two attached hydrogens (primary N) is 1. The van der Waals surface area contributed by atoms with Crippen molar-refractivity contribution < 1.29 is 27.1 Å². The molecule has 0 radical (unpaired) electrons. The monoisotopic (exact) mass is 728 g/mol. The summed E-state index contributed by atoms with van der Waals surface area (Å²) in [5, 5.41) is 6.16. The van der Waals surface area contributed by atoms with E-state index < -0.39 is 39.6 Å². The number of benzene rings is 1. The number of nitrogens with one attached hydrogen (secondary N) is 1. The molecule has 17 heteroatoms. The highest BCUT2D eigenvalue weighted by Crippen LogP contribution is 2.49. The minimum absolute atomic E-state index is 0.00148. The van der Waals surface area contributed by atoms with Crippen molar-refractivity contribution in [3.63, 3.8) is 0 Å². The van der Waals surface area contributed by atoms with E-state index in [4.69, 9.17) is 43.6 Å². The Bertz CT molecular complexity index is 1760. The van der Waals surface area contributed by atoms with Crippen molar-refractivity contribution in [3.05, 3.63) is 56.0 Å². The van der Waals surface area contributed by atoms with E-state index in [1.165, 1.54) is 24.9 Å². The summed E-state index contributed by atoms with van der Waals surface area (Å²) in [5.74, 6) is 0.491. The molecule has 0 bridgehead atoms. The molecule has 2 fully saturated rings. The largest absolute Gasteiger partial charge is 0.461 e. The standard InChI is InChI=1S/C31H34Cl2F4N8O2S/c1-39-28(46)26-25(33)22-13-43(5-3-7-45(22)42-26)27-19-14-48-23(18-8-17(38)9-20(32)24(18)31(35,36)37)10-21(19)40-29(41-27)47-15-30-4-2-6-44(30)12-16(34)11-30/h8-9,16,23H,2-7,10-15,38H2,1H3,(H,39,46)/t16-,23?,30+/m1/s1. The number of aryl methyl sites for hydroxylation is 1. The molecular formula is C31H34Cl2F4N8O2S. The average molecular weight is 730 g/mol. The van der Waals surface area contributed by atoms with Crippen LogP contribution >= 0.6 is 35.0 Å². The zero-order valence-corrected chi connectivity index (χ0v) is 28.4. The van der Waals surface area contributed by atoms with Gasteiger partial charge in [-0.2, -0.15) is 28.2 Å². The molecule has 6 heterocycles. The van der Waals surface area contributed by atoms with Gasteiger partial charge in [0.25, 0.3) is 5.91 Å². The summed E-state index contributed by atoms with van der Waals surface area (Å²) in [7, 11) is 1.51. The Balaban J connectivity index is 1.27. The Labute approximate surface area is 288 Å². The molecule has 4 aliphatic rings. The van der Waals surface area contributed by atoms with Gasteiger partial charge in [0.2, 0.25) is 0 Å². The maximum atomic E-state index is 14.5. The van der Waals surface area contributed by atoms with E-state index in [9.17, 15) is 22.4 Å². The second-order valence-electron chi connectivity index (χ2n) is 12.8. The van der Waals surface area contributed by atoms with Crippen molar-refractivity contribution in [3.8, 4) is 6.01 Å². The molecule has 3 atom stereocenters. The number of halogens is 6. The van der Waals surface area contributed by atoms with Gasteiger partial charge in [0.1, 0.15) is 18.6 Å². The first-order valence-electron chi connectivity index (χ1n) is 15.8. The fraction of sp³-hybridized carbons (Fsp3) is 0.548. The number of hydrogen-bond donors (Lipinski definition) is 2. The smallest absolute Gasteiger partial charge is 0.418 e. The summed E-state index contributed by atoms with van der Waals surface area (Å²) in [5.41, 5.74) is 6.86. The Morgan fingerprint density at radius 3 is 2.79 bits per heavy atom. The fourth-order valence-corrected chi connectivity index (χ4v) is 9.46. The highest BCUT2D eigenvalue weighted by molar-refractivity contribution is 7.98. The summed E-state index contributed by atoms with van der Waals surface area (Å²) in [6.45, 7) is 2.73. The van der Waals surface area contributed by atoms with Crippen molar-refractivity contribution in [1.82, 2.24) is 30.0 Å². The van der Waals surface area contributed by atoms with Crippen LogP contribution in [0.1, 0.15) is 69.5 Å². The van der Waals surface area contributed by atoms with Crippen molar-refractivity contribution in [2.75, 3.05) is 43.9 Å². The molecule has 10 nitrogen and oxygen atoms in total. The van der Waals surface area contributed by atoms with E-state index in [1.54, 1.807) is 4.68 Å². The van der Waals surface area contributed by atoms with Crippen LogP contribution in [0.4, 0.5) is 29.1 Å². The number of hydrogen-bond acceptors (Lipinski definition) is 9. The molecule has 3 N–H and O–H groups in total. The predicted molar refractivity (Wildman–Crippen MR) is 175 cm³/mol. The number of nitrogens with zero attached hydrogens (tertiary/aromatic N) is 6. The van der Waals surface area contributed by atoms with Gasteiger partial charge < -0.3 is 20.7 Å². The Morgan fingerprint density at radius 1 is 1.21 bits per heavy atom. The summed E-state index contributed by atoms with van der Waals surface area (Å²) in [4.78, 5) is 26.3. The molecule has 3 aromatic rings. The summed E-state index contributed by atoms with van der Waals surface area (Å²) >= 11 is 14.1. The lowest BCUT2D eigenvalue weighted by molar-refractivity contribution is -0.138. The Kier molecular flexibility index (Phi) is 8.86. The van der Waals surface area contributed by atoms with Crippen molar-refractivity contribution in [1.29, 1.82) is 0 Å². The Hall–Kier alpha value is -3.01. The van der Waals surface area contributed by atoms with Crippen LogP contribution in [0.15, 0.2) is 12.1 Å². The quantitative estimate of drug-likeness (QED) is 0.239. The molecule has 1 aromatic carbocycles. The second kappa shape index (κ2) is 12.7. The average Bonchev–Trinajstić information content (AvgIpc) is 3.60. The summed E-state index contributed by atoms with van der Waals surface area (Å²) in [6, 6.07) is 2.53. The molecule has 1 amide bonds. The highest BCUT2D eigenvalue weighted by Gasteiger charge is 2.49. The van der Waals surface area contributed by atoms with Gasteiger partial charge in [-0.15, -0.1) is 11.8 Å². The number of nitrogen functional groups attached to an aromatic ring is 1. The van der Waals surface area contributed by atoms with Crippen LogP contribution in [0.2, 0.25) is 10.0 Å². The molecule has 0 spiro atoms. The number of alkyl halides is 4. The highest BCUT2D eigenvalue weighted by atomic mass is 35.5. The molecule has 2 saturated heterocycles. The van der Waals surface area contributed by atoms with Gasteiger partial charge in [0.05, 0.1) is 39.1 Å². The van der Waals surface area contributed by atoms with Gasteiger partial charge in [0.15, 0.2) is 5.69 Å². The maximum Gasteiger partial charge on any atom is 0.418 e. The lowest BCUT2D eigenvalue weighted by Crippen LogP contribution is -2.43. The molecule has 258 valence electrons.